The highest BCUT2D eigenvalue weighted by Gasteiger charge is 2.31. The SMILES string of the molecule is CN(CCC#N)C(=O)N[C@@H]1CC(=O)N(c2ccccc2)C1. The number of amides is 3. The standard InChI is InChI=1S/C15H18N4O2/c1-18(9-5-8-16)15(21)17-12-10-14(20)19(11-12)13-6-3-2-4-7-13/h2-4,6-7,12H,5,9-11H2,1H3,(H,17,21)/t12-/m1/s1. The van der Waals surface area contributed by atoms with Crippen LogP contribution in [0, 0.1) is 11.3 Å². The van der Waals surface area contributed by atoms with Gasteiger partial charge in [-0.25, -0.2) is 4.79 Å². The number of carbonyl (C=O) groups is 2. The van der Waals surface area contributed by atoms with Crippen molar-refractivity contribution >= 4 is 17.6 Å². The Morgan fingerprint density at radius 2 is 2.19 bits per heavy atom. The third kappa shape index (κ3) is 3.72. The van der Waals surface area contributed by atoms with Crippen LogP contribution in [0.2, 0.25) is 0 Å². The lowest BCUT2D eigenvalue weighted by atomic mass is 10.2. The van der Waals surface area contributed by atoms with Crippen molar-refractivity contribution in [2.24, 2.45) is 0 Å². The zero-order valence-electron chi connectivity index (χ0n) is 12.0. The Balaban J connectivity index is 1.91. The highest BCUT2D eigenvalue weighted by Crippen LogP contribution is 2.21. The van der Waals surface area contributed by atoms with E-state index in [4.69, 9.17) is 5.26 Å². The summed E-state index contributed by atoms with van der Waals surface area (Å²) < 4.78 is 0. The van der Waals surface area contributed by atoms with Gasteiger partial charge in [-0.1, -0.05) is 18.2 Å². The van der Waals surface area contributed by atoms with E-state index in [0.29, 0.717) is 25.9 Å². The number of rotatable bonds is 4. The number of urea groups is 1. The summed E-state index contributed by atoms with van der Waals surface area (Å²) in [6.45, 7) is 0.853. The molecule has 6 heteroatoms. The monoisotopic (exact) mass is 286 g/mol. The van der Waals surface area contributed by atoms with Crippen LogP contribution in [-0.2, 0) is 4.79 Å². The summed E-state index contributed by atoms with van der Waals surface area (Å²) in [5, 5.41) is 11.3. The summed E-state index contributed by atoms with van der Waals surface area (Å²) in [7, 11) is 1.64. The van der Waals surface area contributed by atoms with Crippen molar-refractivity contribution in [2.45, 2.75) is 18.9 Å². The Bertz CT molecular complexity index is 553. The first-order chi connectivity index (χ1) is 10.1. The number of hydrogen-bond donors (Lipinski definition) is 1. The molecule has 1 N–H and O–H groups in total. The van der Waals surface area contributed by atoms with Gasteiger partial charge in [0.1, 0.15) is 0 Å². The molecule has 1 saturated heterocycles. The van der Waals surface area contributed by atoms with Gasteiger partial charge in [-0.2, -0.15) is 5.26 Å². The normalized spacial score (nSPS) is 17.4. The third-order valence-electron chi connectivity index (χ3n) is 3.43. The number of anilines is 1. The Labute approximate surface area is 123 Å². The van der Waals surface area contributed by atoms with Crippen LogP contribution in [0.1, 0.15) is 12.8 Å². The molecule has 0 unspecified atom stereocenters. The highest BCUT2D eigenvalue weighted by atomic mass is 16.2. The highest BCUT2D eigenvalue weighted by molar-refractivity contribution is 5.96. The fourth-order valence-corrected chi connectivity index (χ4v) is 2.27. The Kier molecular flexibility index (Phi) is 4.77. The summed E-state index contributed by atoms with van der Waals surface area (Å²) in [6.07, 6.45) is 0.594. The average Bonchev–Trinajstić information content (AvgIpc) is 2.86. The minimum atomic E-state index is -0.252. The molecule has 3 amide bonds. The summed E-state index contributed by atoms with van der Waals surface area (Å²) in [5.74, 6) is 0.00572. The van der Waals surface area contributed by atoms with Crippen LogP contribution in [0.25, 0.3) is 0 Å². The van der Waals surface area contributed by atoms with Gasteiger partial charge in [0.05, 0.1) is 18.5 Å². The number of para-hydroxylation sites is 1. The molecule has 0 aliphatic carbocycles. The maximum atomic E-state index is 12.0. The van der Waals surface area contributed by atoms with Crippen LogP contribution in [0.4, 0.5) is 10.5 Å². The lowest BCUT2D eigenvalue weighted by Gasteiger charge is -2.20. The van der Waals surface area contributed by atoms with Crippen LogP contribution in [-0.4, -0.2) is 43.0 Å². The molecule has 1 aromatic rings. The molecule has 6 nitrogen and oxygen atoms in total. The van der Waals surface area contributed by atoms with Crippen molar-refractivity contribution in [1.82, 2.24) is 10.2 Å². The predicted molar refractivity (Wildman–Crippen MR) is 78.6 cm³/mol. The number of nitrogens with one attached hydrogen (secondary N) is 1. The molecule has 110 valence electrons. The summed E-state index contributed by atoms with van der Waals surface area (Å²) in [6, 6.07) is 11.0. The molecule has 1 aliphatic rings. The molecule has 0 bridgehead atoms. The first-order valence-corrected chi connectivity index (χ1v) is 6.86. The molecule has 1 aromatic carbocycles. The number of benzene rings is 1. The molecule has 1 heterocycles. The second-order valence-electron chi connectivity index (χ2n) is 5.02. The molecular formula is C15H18N4O2. The van der Waals surface area contributed by atoms with Gasteiger partial charge in [0.25, 0.3) is 0 Å². The minimum Gasteiger partial charge on any atom is -0.333 e. The van der Waals surface area contributed by atoms with Gasteiger partial charge in [-0.15, -0.1) is 0 Å². The molecule has 21 heavy (non-hydrogen) atoms. The predicted octanol–water partition coefficient (Wildman–Crippen LogP) is 1.35. The van der Waals surface area contributed by atoms with E-state index in [2.05, 4.69) is 5.32 Å². The van der Waals surface area contributed by atoms with Crippen molar-refractivity contribution in [3.8, 4) is 6.07 Å². The van der Waals surface area contributed by atoms with Crippen LogP contribution in [0.15, 0.2) is 30.3 Å². The molecule has 0 radical (unpaired) electrons. The lowest BCUT2D eigenvalue weighted by Crippen LogP contribution is -2.44. The molecule has 1 fully saturated rings. The maximum Gasteiger partial charge on any atom is 0.317 e. The molecule has 1 aliphatic heterocycles. The molecule has 0 saturated carbocycles. The topological polar surface area (TPSA) is 76.4 Å². The lowest BCUT2D eigenvalue weighted by molar-refractivity contribution is -0.117. The Hall–Kier alpha value is -2.55. The fourth-order valence-electron chi connectivity index (χ4n) is 2.27. The van der Waals surface area contributed by atoms with Gasteiger partial charge in [0.2, 0.25) is 5.91 Å². The molecular weight excluding hydrogens is 268 g/mol. The van der Waals surface area contributed by atoms with Gasteiger partial charge in [-0.3, -0.25) is 4.79 Å². The molecule has 0 spiro atoms. The van der Waals surface area contributed by atoms with E-state index in [1.54, 1.807) is 11.9 Å². The summed E-state index contributed by atoms with van der Waals surface area (Å²) in [4.78, 5) is 27.1. The van der Waals surface area contributed by atoms with Crippen LogP contribution in [0.3, 0.4) is 0 Å². The number of nitrogens with zero attached hydrogens (tertiary/aromatic N) is 3. The van der Waals surface area contributed by atoms with E-state index < -0.39 is 0 Å². The van der Waals surface area contributed by atoms with Gasteiger partial charge >= 0.3 is 6.03 Å². The van der Waals surface area contributed by atoms with Crippen LogP contribution >= 0.6 is 0 Å². The Morgan fingerprint density at radius 3 is 2.86 bits per heavy atom. The second-order valence-corrected chi connectivity index (χ2v) is 5.02. The van der Waals surface area contributed by atoms with Crippen molar-refractivity contribution in [2.75, 3.05) is 25.0 Å². The fraction of sp³-hybridized carbons (Fsp3) is 0.400. The maximum absolute atomic E-state index is 12.0. The van der Waals surface area contributed by atoms with Gasteiger partial charge in [0.15, 0.2) is 0 Å². The zero-order chi connectivity index (χ0) is 15.2. The minimum absolute atomic E-state index is 0.00572. The summed E-state index contributed by atoms with van der Waals surface area (Å²) >= 11 is 0. The van der Waals surface area contributed by atoms with Crippen molar-refractivity contribution in [1.29, 1.82) is 5.26 Å². The van der Waals surface area contributed by atoms with E-state index in [0.717, 1.165) is 5.69 Å². The van der Waals surface area contributed by atoms with E-state index in [1.807, 2.05) is 36.4 Å². The quantitative estimate of drug-likeness (QED) is 0.907. The van der Waals surface area contributed by atoms with Gasteiger partial charge in [0, 0.05) is 32.2 Å². The van der Waals surface area contributed by atoms with Crippen LogP contribution in [0.5, 0.6) is 0 Å². The van der Waals surface area contributed by atoms with Crippen LogP contribution < -0.4 is 10.2 Å². The molecule has 1 atom stereocenters. The Morgan fingerprint density at radius 1 is 1.48 bits per heavy atom. The summed E-state index contributed by atoms with van der Waals surface area (Å²) in [5.41, 5.74) is 0.845. The smallest absolute Gasteiger partial charge is 0.317 e. The average molecular weight is 286 g/mol. The second kappa shape index (κ2) is 6.75. The van der Waals surface area contributed by atoms with Crippen molar-refractivity contribution in [3.05, 3.63) is 30.3 Å². The van der Waals surface area contributed by atoms with Gasteiger partial charge < -0.3 is 15.1 Å². The van der Waals surface area contributed by atoms with E-state index >= 15 is 0 Å². The first-order valence-electron chi connectivity index (χ1n) is 6.86. The number of carbonyl (C=O) groups excluding carboxylic acids is 2. The molecule has 0 aromatic heterocycles. The zero-order valence-corrected chi connectivity index (χ0v) is 12.0. The van der Waals surface area contributed by atoms with Gasteiger partial charge in [-0.05, 0) is 12.1 Å². The van der Waals surface area contributed by atoms with E-state index in [-0.39, 0.29) is 18.0 Å². The molecule has 2 rings (SSSR count). The van der Waals surface area contributed by atoms with Crippen molar-refractivity contribution in [3.63, 3.8) is 0 Å². The first kappa shape index (κ1) is 14.9. The van der Waals surface area contributed by atoms with E-state index in [1.165, 1.54) is 4.90 Å². The number of hydrogen-bond acceptors (Lipinski definition) is 3. The number of nitriles is 1. The van der Waals surface area contributed by atoms with Crippen molar-refractivity contribution < 1.29 is 9.59 Å². The largest absolute Gasteiger partial charge is 0.333 e. The third-order valence-corrected chi connectivity index (χ3v) is 3.43. The van der Waals surface area contributed by atoms with E-state index in [9.17, 15) is 9.59 Å².